The van der Waals surface area contributed by atoms with Gasteiger partial charge in [0.15, 0.2) is 0 Å². The van der Waals surface area contributed by atoms with Gasteiger partial charge < -0.3 is 19.8 Å². The highest BCUT2D eigenvalue weighted by Gasteiger charge is 2.47. The van der Waals surface area contributed by atoms with Crippen molar-refractivity contribution in [1.29, 1.82) is 0 Å². The van der Waals surface area contributed by atoms with E-state index in [1.807, 2.05) is 0 Å². The molecule has 2 N–H and O–H groups in total. The summed E-state index contributed by atoms with van der Waals surface area (Å²) in [4.78, 5) is 27.1. The van der Waals surface area contributed by atoms with Crippen molar-refractivity contribution in [2.24, 2.45) is 0 Å². The van der Waals surface area contributed by atoms with Crippen molar-refractivity contribution >= 4 is 17.4 Å². The van der Waals surface area contributed by atoms with E-state index in [9.17, 15) is 19.8 Å². The number of aliphatic hydroxyl groups excluding tert-OH is 1. The highest BCUT2D eigenvalue weighted by atomic mass is 16.5. The zero-order valence-electron chi connectivity index (χ0n) is 15.2. The second-order valence-electron chi connectivity index (χ2n) is 7.05. The number of phenolic OH excluding ortho intramolecular Hbond substituents is 1. The van der Waals surface area contributed by atoms with Crippen LogP contribution in [0.3, 0.4) is 0 Å². The SMILES string of the molecule is O=C1C(=O)N(CC2CCCO2)C(c2cccc(O)c2)/C1=C(/O)c1ccccc1. The fourth-order valence-electron chi connectivity index (χ4n) is 3.87. The fraction of sp³-hybridized carbons (Fsp3) is 0.273. The minimum Gasteiger partial charge on any atom is -0.508 e. The van der Waals surface area contributed by atoms with Crippen molar-refractivity contribution in [3.8, 4) is 5.75 Å². The van der Waals surface area contributed by atoms with E-state index in [4.69, 9.17) is 4.74 Å². The van der Waals surface area contributed by atoms with Crippen LogP contribution in [0.15, 0.2) is 60.2 Å². The molecule has 0 radical (unpaired) electrons. The highest BCUT2D eigenvalue weighted by Crippen LogP contribution is 2.40. The Morgan fingerprint density at radius 1 is 1.11 bits per heavy atom. The molecule has 0 aliphatic carbocycles. The molecule has 144 valence electrons. The van der Waals surface area contributed by atoms with Crippen LogP contribution < -0.4 is 0 Å². The smallest absolute Gasteiger partial charge is 0.295 e. The van der Waals surface area contributed by atoms with E-state index in [1.54, 1.807) is 42.5 Å². The Hall–Kier alpha value is -3.12. The number of Topliss-reactive ketones (excluding diaryl/α,β-unsaturated/α-hetero) is 1. The monoisotopic (exact) mass is 379 g/mol. The molecule has 2 aromatic carbocycles. The second kappa shape index (κ2) is 7.48. The maximum Gasteiger partial charge on any atom is 0.295 e. The number of aromatic hydroxyl groups is 1. The lowest BCUT2D eigenvalue weighted by Gasteiger charge is -2.27. The third kappa shape index (κ3) is 3.27. The van der Waals surface area contributed by atoms with Crippen LogP contribution in [0.2, 0.25) is 0 Å². The molecule has 0 spiro atoms. The summed E-state index contributed by atoms with van der Waals surface area (Å²) < 4.78 is 5.65. The van der Waals surface area contributed by atoms with Crippen molar-refractivity contribution in [2.75, 3.05) is 13.2 Å². The van der Waals surface area contributed by atoms with E-state index in [1.165, 1.54) is 17.0 Å². The van der Waals surface area contributed by atoms with Gasteiger partial charge in [0.2, 0.25) is 0 Å². The summed E-state index contributed by atoms with van der Waals surface area (Å²) in [6.07, 6.45) is 1.58. The van der Waals surface area contributed by atoms with Crippen LogP contribution in [0.25, 0.3) is 5.76 Å². The second-order valence-corrected chi connectivity index (χ2v) is 7.05. The maximum atomic E-state index is 12.9. The van der Waals surface area contributed by atoms with Crippen LogP contribution >= 0.6 is 0 Å². The Morgan fingerprint density at radius 3 is 2.57 bits per heavy atom. The van der Waals surface area contributed by atoms with E-state index in [0.717, 1.165) is 12.8 Å². The van der Waals surface area contributed by atoms with E-state index < -0.39 is 17.7 Å². The van der Waals surface area contributed by atoms with E-state index in [0.29, 0.717) is 17.7 Å². The molecular weight excluding hydrogens is 358 g/mol. The first-order valence-electron chi connectivity index (χ1n) is 9.30. The zero-order valence-corrected chi connectivity index (χ0v) is 15.2. The molecule has 0 aromatic heterocycles. The third-order valence-electron chi connectivity index (χ3n) is 5.20. The molecule has 2 heterocycles. The molecule has 0 saturated carbocycles. The number of aliphatic hydroxyl groups is 1. The van der Waals surface area contributed by atoms with Gasteiger partial charge in [0.05, 0.1) is 17.7 Å². The summed E-state index contributed by atoms with van der Waals surface area (Å²) in [5.74, 6) is -1.59. The van der Waals surface area contributed by atoms with Crippen LogP contribution in [0.1, 0.15) is 30.0 Å². The molecule has 2 aliphatic heterocycles. The van der Waals surface area contributed by atoms with Crippen LogP contribution in [0.4, 0.5) is 0 Å². The van der Waals surface area contributed by atoms with E-state index >= 15 is 0 Å². The van der Waals surface area contributed by atoms with Gasteiger partial charge in [-0.15, -0.1) is 0 Å². The van der Waals surface area contributed by atoms with Crippen LogP contribution in [-0.2, 0) is 14.3 Å². The van der Waals surface area contributed by atoms with Gasteiger partial charge in [-0.3, -0.25) is 9.59 Å². The van der Waals surface area contributed by atoms with Crippen LogP contribution in [-0.4, -0.2) is 46.1 Å². The Labute approximate surface area is 162 Å². The quantitative estimate of drug-likeness (QED) is 0.484. The number of hydrogen-bond acceptors (Lipinski definition) is 5. The summed E-state index contributed by atoms with van der Waals surface area (Å²) >= 11 is 0. The van der Waals surface area contributed by atoms with Gasteiger partial charge >= 0.3 is 0 Å². The molecule has 2 fully saturated rings. The summed E-state index contributed by atoms with van der Waals surface area (Å²) in [5, 5.41) is 20.8. The van der Waals surface area contributed by atoms with Crippen molar-refractivity contribution in [2.45, 2.75) is 25.0 Å². The largest absolute Gasteiger partial charge is 0.508 e. The van der Waals surface area contributed by atoms with Gasteiger partial charge in [-0.2, -0.15) is 0 Å². The maximum absolute atomic E-state index is 12.9. The lowest BCUT2D eigenvalue weighted by atomic mass is 9.95. The molecule has 2 aliphatic rings. The van der Waals surface area contributed by atoms with E-state index in [2.05, 4.69) is 0 Å². The number of likely N-dealkylation sites (tertiary alicyclic amines) is 1. The van der Waals surface area contributed by atoms with E-state index in [-0.39, 0.29) is 29.7 Å². The third-order valence-corrected chi connectivity index (χ3v) is 5.20. The predicted octanol–water partition coefficient (Wildman–Crippen LogP) is 2.99. The van der Waals surface area contributed by atoms with Crippen molar-refractivity contribution in [3.63, 3.8) is 0 Å². The van der Waals surface area contributed by atoms with Gasteiger partial charge in [0, 0.05) is 18.7 Å². The normalized spacial score (nSPS) is 24.1. The number of rotatable bonds is 4. The lowest BCUT2D eigenvalue weighted by molar-refractivity contribution is -0.140. The number of ketones is 1. The predicted molar refractivity (Wildman–Crippen MR) is 103 cm³/mol. The number of carbonyl (C=O) groups excluding carboxylic acids is 2. The molecule has 2 unspecified atom stereocenters. The van der Waals surface area contributed by atoms with Crippen LogP contribution in [0, 0.1) is 0 Å². The zero-order chi connectivity index (χ0) is 19.7. The van der Waals surface area contributed by atoms with Gasteiger partial charge in [0.1, 0.15) is 11.5 Å². The van der Waals surface area contributed by atoms with Gasteiger partial charge in [-0.1, -0.05) is 42.5 Å². The number of hydrogen-bond donors (Lipinski definition) is 2. The first-order chi connectivity index (χ1) is 13.6. The number of benzene rings is 2. The molecule has 0 bridgehead atoms. The van der Waals surface area contributed by atoms with Crippen LogP contribution in [0.5, 0.6) is 5.75 Å². The van der Waals surface area contributed by atoms with Gasteiger partial charge in [0.25, 0.3) is 11.7 Å². The van der Waals surface area contributed by atoms with Gasteiger partial charge in [-0.25, -0.2) is 0 Å². The lowest BCUT2D eigenvalue weighted by Crippen LogP contribution is -2.36. The first-order valence-corrected chi connectivity index (χ1v) is 9.30. The molecule has 6 nitrogen and oxygen atoms in total. The molecule has 6 heteroatoms. The summed E-state index contributed by atoms with van der Waals surface area (Å²) in [6, 6.07) is 14.3. The summed E-state index contributed by atoms with van der Waals surface area (Å²) in [7, 11) is 0. The number of ether oxygens (including phenoxy) is 1. The Kier molecular flexibility index (Phi) is 4.88. The van der Waals surface area contributed by atoms with Gasteiger partial charge in [-0.05, 0) is 30.5 Å². The van der Waals surface area contributed by atoms with Crippen molar-refractivity contribution in [1.82, 2.24) is 4.90 Å². The van der Waals surface area contributed by atoms with Crippen molar-refractivity contribution < 1.29 is 24.5 Å². The Bertz CT molecular complexity index is 931. The minimum atomic E-state index is -0.781. The molecule has 2 saturated heterocycles. The number of phenols is 1. The Balaban J connectivity index is 1.83. The average molecular weight is 379 g/mol. The minimum absolute atomic E-state index is 0.0276. The topological polar surface area (TPSA) is 87.1 Å². The number of nitrogens with zero attached hydrogens (tertiary/aromatic N) is 1. The molecule has 2 atom stereocenters. The Morgan fingerprint density at radius 2 is 1.89 bits per heavy atom. The highest BCUT2D eigenvalue weighted by molar-refractivity contribution is 6.46. The van der Waals surface area contributed by atoms with Crippen molar-refractivity contribution in [3.05, 3.63) is 71.3 Å². The molecular formula is C22H21NO5. The number of carbonyl (C=O) groups is 2. The molecule has 4 rings (SSSR count). The molecule has 28 heavy (non-hydrogen) atoms. The average Bonchev–Trinajstić information content (AvgIpc) is 3.30. The fourth-order valence-corrected chi connectivity index (χ4v) is 3.87. The standard InChI is InChI=1S/C22H21NO5/c24-16-9-4-8-15(12-16)19-18(20(25)14-6-2-1-3-7-14)21(26)22(27)23(19)13-17-10-5-11-28-17/h1-4,6-9,12,17,19,24-25H,5,10-11,13H2/b20-18-. The first kappa shape index (κ1) is 18.3. The number of amides is 1. The molecule has 2 aromatic rings. The summed E-state index contributed by atoms with van der Waals surface area (Å²) in [6.45, 7) is 0.895. The molecule has 1 amide bonds. The summed E-state index contributed by atoms with van der Waals surface area (Å²) in [5.41, 5.74) is 1.05.